The van der Waals surface area contributed by atoms with Crippen LogP contribution in [0.1, 0.15) is 5.69 Å². The van der Waals surface area contributed by atoms with E-state index in [1.54, 1.807) is 119 Å². The van der Waals surface area contributed by atoms with Crippen LogP contribution in [-0.4, -0.2) is 256 Å². The molecule has 756 valence electrons. The van der Waals surface area contributed by atoms with Crippen LogP contribution in [0.25, 0.3) is 83.4 Å². The van der Waals surface area contributed by atoms with E-state index in [9.17, 15) is 23.6 Å². The van der Waals surface area contributed by atoms with Gasteiger partial charge in [0.1, 0.15) is 84.8 Å². The van der Waals surface area contributed by atoms with E-state index in [1.807, 2.05) is 209 Å². The maximum absolute atomic E-state index is 13.2. The molecule has 0 saturated heterocycles. The quantitative estimate of drug-likeness (QED) is 0.0165. The van der Waals surface area contributed by atoms with Gasteiger partial charge in [-0.15, -0.1) is 0 Å². The Bertz CT molecular complexity index is 7340. The predicted octanol–water partition coefficient (Wildman–Crippen LogP) is 17.1. The van der Waals surface area contributed by atoms with Crippen molar-refractivity contribution < 1.29 is 61.5 Å². The van der Waals surface area contributed by atoms with Crippen LogP contribution in [0.15, 0.2) is 258 Å². The number of rotatable bonds is 42. The van der Waals surface area contributed by atoms with Crippen molar-refractivity contribution in [3.8, 4) is 91.2 Å². The zero-order chi connectivity index (χ0) is 104. The fourth-order valence-corrected chi connectivity index (χ4v) is 15.1. The Morgan fingerprint density at radius 3 is 1.13 bits per heavy atom. The van der Waals surface area contributed by atoms with Gasteiger partial charge in [-0.1, -0.05) is 87.0 Å². The number of aromatic nitrogens is 14. The van der Waals surface area contributed by atoms with Crippen molar-refractivity contribution in [1.82, 2.24) is 88.0 Å². The number of hydrogen-bond donors (Lipinski definition) is 8. The summed E-state index contributed by atoms with van der Waals surface area (Å²) in [5.74, 6) is 3.90. The Morgan fingerprint density at radius 1 is 0.390 bits per heavy atom. The molecule has 0 unspecified atom stereocenters. The largest absolute Gasteiger partial charge is 0.494 e. The molecule has 146 heavy (non-hydrogen) atoms. The summed E-state index contributed by atoms with van der Waals surface area (Å²) in [5, 5.41) is 36.1. The number of aryl methyl sites for hydroxylation is 3. The Labute approximate surface area is 845 Å². The molecule has 0 bridgehead atoms. The summed E-state index contributed by atoms with van der Waals surface area (Å²) in [6, 6.07) is 51.0. The number of methoxy groups -OCH3 is 4. The van der Waals surface area contributed by atoms with Crippen LogP contribution in [0.3, 0.4) is 0 Å². The molecule has 9 heterocycles. The number of amides is 4. The Balaban J connectivity index is 0.000000163. The summed E-state index contributed by atoms with van der Waals surface area (Å²) in [6.07, 6.45) is 17.1. The number of fused-ring (bicyclic) bond motifs is 4. The van der Waals surface area contributed by atoms with Gasteiger partial charge in [0.2, 0.25) is 47.4 Å². The van der Waals surface area contributed by atoms with Crippen LogP contribution >= 0.6 is 0 Å². The van der Waals surface area contributed by atoms with Gasteiger partial charge in [-0.2, -0.15) is 10.2 Å². The molecule has 0 atom stereocenters. The van der Waals surface area contributed by atoms with Crippen LogP contribution in [0.2, 0.25) is 0 Å². The number of para-hydroxylation sites is 3. The van der Waals surface area contributed by atoms with E-state index in [0.29, 0.717) is 185 Å². The first-order valence-electron chi connectivity index (χ1n) is 46.3. The molecule has 9 aromatic heterocycles. The zero-order valence-corrected chi connectivity index (χ0v) is 84.2. The number of ether oxygens (including phenoxy) is 8. The number of pyridine rings is 1. The molecule has 0 saturated carbocycles. The average Bonchev–Trinajstić information content (AvgIpc) is 1.69. The van der Waals surface area contributed by atoms with Gasteiger partial charge in [0, 0.05) is 151 Å². The number of carbonyl (C=O) groups excluding carboxylic acids is 4. The minimum absolute atomic E-state index is 0.260. The third-order valence-electron chi connectivity index (χ3n) is 22.5. The standard InChI is InChI=1S/C28H31FN6O3.C28H32N6O3.C26H29N7O3.C25H27N7O3/c1-5-27(36)31-23-16-22(25(37-4)17-26(23)38-15-14-34(2)3)33-28-30-12-10-21(32-28)20-18-35(13-11-29)24-9-7-6-8-19(20)24;1-7-26(35)30-22-16-21(24(36-6)17-25(22)37-15-14-33(3)4)32-28-29-13-12-20(31-28)27-18(2)34(5)23-11-9-8-10-19(23)27;1-6-24(34)28-20-15-19(22(35-5)16-23(20)36-14-13-32(2)3)30-26-27-12-11-18(29-26)25-17-9-7-8-10-21(17)33(4)31-25;1-5-24(33)28-20-14-19(22(34-4)15-23(20)35-13-12-31(2)3)30-25-26-10-9-18(29-25)17-16-27-32-11-7-6-8-21(17)32/h5-10,12,16-18H,1,11,13-15H2,2-4H3,(H,31,36)(H,30,32,33);7-13,16-17H,1,14-15H2,2-6H3,(H,30,35)(H,29,31,32);6-12,15-16H,1,13-14H2,2-5H3,(H,28,34)(H,27,29,30);5-11,14-16H,1,12-13H2,2-4H3,(H,28,33)(H,26,29,30). The van der Waals surface area contributed by atoms with Gasteiger partial charge in [-0.3, -0.25) is 23.9 Å². The Hall–Kier alpha value is -17.7. The number of hydrogen-bond acceptors (Lipinski definition) is 30. The summed E-state index contributed by atoms with van der Waals surface area (Å²) in [6.45, 7) is 20.6. The second-order valence-corrected chi connectivity index (χ2v) is 33.7. The van der Waals surface area contributed by atoms with E-state index in [2.05, 4.69) is 133 Å². The van der Waals surface area contributed by atoms with E-state index in [4.69, 9.17) is 47.9 Å². The number of carbonyl (C=O) groups is 4. The number of nitrogens with one attached hydrogen (secondary N) is 8. The molecule has 0 aliphatic rings. The average molecular weight is 1980 g/mol. The van der Waals surface area contributed by atoms with Gasteiger partial charge in [-0.05, 0) is 166 Å². The highest BCUT2D eigenvalue weighted by atomic mass is 19.1. The van der Waals surface area contributed by atoms with Crippen molar-refractivity contribution >= 4 is 131 Å². The van der Waals surface area contributed by atoms with Gasteiger partial charge < -0.3 is 109 Å². The van der Waals surface area contributed by atoms with Crippen molar-refractivity contribution in [2.45, 2.75) is 13.5 Å². The lowest BCUT2D eigenvalue weighted by atomic mass is 10.1. The molecule has 4 amide bonds. The first-order valence-corrected chi connectivity index (χ1v) is 46.3. The molecular formula is C107H119FN26O12. The first-order chi connectivity index (χ1) is 70.6. The normalized spacial score (nSPS) is 10.9. The van der Waals surface area contributed by atoms with Gasteiger partial charge in [0.15, 0.2) is 0 Å². The third kappa shape index (κ3) is 27.1. The van der Waals surface area contributed by atoms with E-state index < -0.39 is 6.67 Å². The van der Waals surface area contributed by atoms with Crippen LogP contribution < -0.4 is 80.4 Å². The van der Waals surface area contributed by atoms with Crippen LogP contribution in [-0.2, 0) is 39.8 Å². The van der Waals surface area contributed by atoms with E-state index >= 15 is 0 Å². The SMILES string of the molecule is C=CC(=O)Nc1cc(Nc2nccc(-c3c(C)n(C)c4ccccc34)n2)c(OC)cc1OCCN(C)C.C=CC(=O)Nc1cc(Nc2nccc(-c3cn(CCF)c4ccccc34)n2)c(OC)cc1OCCN(C)C.C=CC(=O)Nc1cc(Nc2nccc(-c3cnn4ccccc34)n2)c(OC)cc1OCCN(C)C.C=CC(=O)Nc1cc(Nc2nccc(-c3nn(C)c4ccccc34)n2)c(OC)cc1OCCN(C)C. The number of anilines is 12. The van der Waals surface area contributed by atoms with Gasteiger partial charge >= 0.3 is 0 Å². The molecular weight excluding hydrogens is 1860 g/mol. The lowest BCUT2D eigenvalue weighted by Crippen LogP contribution is -2.20. The van der Waals surface area contributed by atoms with Gasteiger partial charge in [0.05, 0.1) is 120 Å². The molecule has 39 heteroatoms. The summed E-state index contributed by atoms with van der Waals surface area (Å²) < 4.78 is 66.9. The molecule has 7 aromatic carbocycles. The molecule has 0 aliphatic carbocycles. The predicted molar refractivity (Wildman–Crippen MR) is 572 cm³/mol. The number of likely N-dealkylation sites (N-methyl/N-ethyl adjacent to an activating group) is 4. The maximum Gasteiger partial charge on any atom is 0.247 e. The minimum atomic E-state index is -0.464. The second-order valence-electron chi connectivity index (χ2n) is 33.7. The van der Waals surface area contributed by atoms with Crippen LogP contribution in [0.5, 0.6) is 46.0 Å². The number of nitrogens with zero attached hydrogens (tertiary/aromatic N) is 18. The number of benzene rings is 7. The van der Waals surface area contributed by atoms with Gasteiger partial charge in [0.25, 0.3) is 0 Å². The number of halogens is 1. The van der Waals surface area contributed by atoms with Crippen molar-refractivity contribution in [1.29, 1.82) is 0 Å². The molecule has 0 spiro atoms. The summed E-state index contributed by atoms with van der Waals surface area (Å²) >= 11 is 0. The molecule has 38 nitrogen and oxygen atoms in total. The zero-order valence-electron chi connectivity index (χ0n) is 84.2. The number of alkyl halides is 1. The summed E-state index contributed by atoms with van der Waals surface area (Å²) in [5.41, 5.74) is 15.6. The van der Waals surface area contributed by atoms with Crippen molar-refractivity contribution in [2.75, 3.05) is 187 Å². The monoisotopic (exact) mass is 1980 g/mol. The molecule has 16 rings (SSSR count). The molecule has 16 aromatic rings. The van der Waals surface area contributed by atoms with E-state index in [-0.39, 0.29) is 30.2 Å². The summed E-state index contributed by atoms with van der Waals surface area (Å²) in [7, 11) is 25.8. The third-order valence-corrected chi connectivity index (χ3v) is 22.5. The highest BCUT2D eigenvalue weighted by Crippen LogP contribution is 2.45. The van der Waals surface area contributed by atoms with Crippen LogP contribution in [0.4, 0.5) is 73.7 Å². The van der Waals surface area contributed by atoms with Crippen molar-refractivity contribution in [3.63, 3.8) is 0 Å². The lowest BCUT2D eigenvalue weighted by molar-refractivity contribution is -0.112. The minimum Gasteiger partial charge on any atom is -0.494 e. The highest BCUT2D eigenvalue weighted by Gasteiger charge is 2.25. The smallest absolute Gasteiger partial charge is 0.247 e. The van der Waals surface area contributed by atoms with Crippen molar-refractivity contribution in [3.05, 3.63) is 263 Å². The maximum atomic E-state index is 13.2. The Kier molecular flexibility index (Phi) is 36.6. The fourth-order valence-electron chi connectivity index (χ4n) is 15.1. The lowest BCUT2D eigenvalue weighted by Gasteiger charge is -2.18. The topological polar surface area (TPSA) is 399 Å². The molecule has 8 N–H and O–H groups in total. The fraction of sp³-hybridized carbons (Fsp3) is 0.234. The van der Waals surface area contributed by atoms with Crippen LogP contribution in [0, 0.1) is 6.92 Å². The molecule has 0 aliphatic heterocycles. The van der Waals surface area contributed by atoms with E-state index in [1.165, 1.54) is 24.3 Å². The van der Waals surface area contributed by atoms with Gasteiger partial charge in [-0.25, -0.2) is 48.8 Å². The summed E-state index contributed by atoms with van der Waals surface area (Å²) in [4.78, 5) is 92.7. The van der Waals surface area contributed by atoms with Crippen molar-refractivity contribution in [2.24, 2.45) is 14.1 Å². The van der Waals surface area contributed by atoms with E-state index in [0.717, 1.165) is 72.0 Å². The first kappa shape index (κ1) is 106. The highest BCUT2D eigenvalue weighted by molar-refractivity contribution is 6.04. The second kappa shape index (κ2) is 50.6. The Morgan fingerprint density at radius 2 is 0.733 bits per heavy atom. The molecule has 0 radical (unpaired) electrons. The molecule has 0 fully saturated rings.